The van der Waals surface area contributed by atoms with Gasteiger partial charge in [0.1, 0.15) is 0 Å². The number of likely N-dealkylation sites (tertiary alicyclic amines) is 1. The summed E-state index contributed by atoms with van der Waals surface area (Å²) in [5.41, 5.74) is 0. The molecule has 0 aromatic heterocycles. The van der Waals surface area contributed by atoms with Crippen LogP contribution in [0.4, 0.5) is 13.2 Å². The van der Waals surface area contributed by atoms with Gasteiger partial charge in [-0.25, -0.2) is 0 Å². The molecule has 4 nitrogen and oxygen atoms in total. The molecule has 0 amide bonds. The summed E-state index contributed by atoms with van der Waals surface area (Å²) < 4.78 is 36.9. The molecular weight excluding hydrogens is 269 g/mol. The first kappa shape index (κ1) is 15.4. The summed E-state index contributed by atoms with van der Waals surface area (Å²) >= 11 is 0. The SMILES string of the molecule is CN=C(NCC1CCN(CC(F)(F)F)C1)NC1CC1C. The number of nitrogens with zero attached hydrogens (tertiary/aromatic N) is 2. The van der Waals surface area contributed by atoms with E-state index in [4.69, 9.17) is 0 Å². The van der Waals surface area contributed by atoms with Crippen molar-refractivity contribution in [2.45, 2.75) is 32.0 Å². The van der Waals surface area contributed by atoms with Crippen LogP contribution < -0.4 is 10.6 Å². The van der Waals surface area contributed by atoms with E-state index in [0.29, 0.717) is 31.6 Å². The molecule has 0 radical (unpaired) electrons. The van der Waals surface area contributed by atoms with Crippen molar-refractivity contribution in [1.29, 1.82) is 0 Å². The number of guanidine groups is 1. The lowest BCUT2D eigenvalue weighted by Crippen LogP contribution is -2.42. The number of hydrogen-bond donors (Lipinski definition) is 2. The number of nitrogens with one attached hydrogen (secondary N) is 2. The van der Waals surface area contributed by atoms with E-state index in [-0.39, 0.29) is 5.92 Å². The van der Waals surface area contributed by atoms with Crippen molar-refractivity contribution < 1.29 is 13.2 Å². The molecule has 0 spiro atoms. The van der Waals surface area contributed by atoms with Crippen molar-refractivity contribution in [3.05, 3.63) is 0 Å². The summed E-state index contributed by atoms with van der Waals surface area (Å²) in [6.45, 7) is 3.09. The summed E-state index contributed by atoms with van der Waals surface area (Å²) in [6, 6.07) is 0.492. The van der Waals surface area contributed by atoms with E-state index in [9.17, 15) is 13.2 Å². The van der Waals surface area contributed by atoms with Crippen molar-refractivity contribution in [3.8, 4) is 0 Å². The van der Waals surface area contributed by atoms with Crippen LogP contribution in [0.2, 0.25) is 0 Å². The van der Waals surface area contributed by atoms with Crippen molar-refractivity contribution in [1.82, 2.24) is 15.5 Å². The Kier molecular flexibility index (Phi) is 4.78. The Morgan fingerprint density at radius 3 is 2.65 bits per heavy atom. The Labute approximate surface area is 117 Å². The van der Waals surface area contributed by atoms with Gasteiger partial charge in [-0.05, 0) is 31.2 Å². The van der Waals surface area contributed by atoms with E-state index in [1.807, 2.05) is 0 Å². The lowest BCUT2D eigenvalue weighted by atomic mass is 10.1. The summed E-state index contributed by atoms with van der Waals surface area (Å²) in [6.07, 6.45) is -2.13. The van der Waals surface area contributed by atoms with Crippen molar-refractivity contribution >= 4 is 5.96 Å². The van der Waals surface area contributed by atoms with Gasteiger partial charge < -0.3 is 10.6 Å². The first-order valence-electron chi connectivity index (χ1n) is 7.13. The largest absolute Gasteiger partial charge is 0.401 e. The fourth-order valence-corrected chi connectivity index (χ4v) is 2.61. The van der Waals surface area contributed by atoms with Crippen LogP contribution in [0, 0.1) is 11.8 Å². The van der Waals surface area contributed by atoms with Gasteiger partial charge in [0.2, 0.25) is 0 Å². The Bertz CT molecular complexity index is 356. The topological polar surface area (TPSA) is 39.7 Å². The predicted molar refractivity (Wildman–Crippen MR) is 72.7 cm³/mol. The zero-order chi connectivity index (χ0) is 14.8. The first-order chi connectivity index (χ1) is 9.37. The molecule has 2 aliphatic rings. The minimum atomic E-state index is -4.10. The van der Waals surface area contributed by atoms with Crippen molar-refractivity contribution in [3.63, 3.8) is 0 Å². The lowest BCUT2D eigenvalue weighted by Gasteiger charge is -2.18. The second-order valence-electron chi connectivity index (χ2n) is 5.92. The molecule has 3 atom stereocenters. The third kappa shape index (κ3) is 4.85. The summed E-state index contributed by atoms with van der Waals surface area (Å²) in [5, 5.41) is 6.53. The highest BCUT2D eigenvalue weighted by Gasteiger charge is 2.35. The molecule has 2 rings (SSSR count). The third-order valence-electron chi connectivity index (χ3n) is 3.99. The van der Waals surface area contributed by atoms with Crippen LogP contribution in [0.3, 0.4) is 0 Å². The number of halogens is 3. The second-order valence-corrected chi connectivity index (χ2v) is 5.92. The van der Waals surface area contributed by atoms with Crippen LogP contribution in [0.1, 0.15) is 19.8 Å². The fourth-order valence-electron chi connectivity index (χ4n) is 2.61. The summed E-state index contributed by atoms with van der Waals surface area (Å²) in [5.74, 6) is 1.70. The van der Waals surface area contributed by atoms with Gasteiger partial charge >= 0.3 is 6.18 Å². The van der Waals surface area contributed by atoms with Gasteiger partial charge in [0.15, 0.2) is 5.96 Å². The standard InChI is InChI=1S/C13H23F3N4/c1-9-5-11(9)19-12(17-2)18-6-10-3-4-20(7-10)8-13(14,15)16/h9-11H,3-8H2,1-2H3,(H2,17,18,19). The fraction of sp³-hybridized carbons (Fsp3) is 0.923. The highest BCUT2D eigenvalue weighted by atomic mass is 19.4. The van der Waals surface area contributed by atoms with Crippen LogP contribution in [0.15, 0.2) is 4.99 Å². The Hall–Kier alpha value is -0.980. The van der Waals surface area contributed by atoms with Crippen LogP contribution in [0.25, 0.3) is 0 Å². The Balaban J connectivity index is 1.67. The first-order valence-corrected chi connectivity index (χ1v) is 7.13. The molecule has 20 heavy (non-hydrogen) atoms. The number of hydrogen-bond acceptors (Lipinski definition) is 2. The highest BCUT2D eigenvalue weighted by Crippen LogP contribution is 2.28. The molecule has 0 aromatic rings. The van der Waals surface area contributed by atoms with Crippen LogP contribution in [0.5, 0.6) is 0 Å². The number of aliphatic imine (C=N–C) groups is 1. The zero-order valence-corrected chi connectivity index (χ0v) is 12.0. The maximum absolute atomic E-state index is 12.3. The normalized spacial score (nSPS) is 31.4. The van der Waals surface area contributed by atoms with E-state index in [2.05, 4.69) is 22.5 Å². The van der Waals surface area contributed by atoms with E-state index in [1.165, 1.54) is 4.90 Å². The third-order valence-corrected chi connectivity index (χ3v) is 3.99. The van der Waals surface area contributed by atoms with Gasteiger partial charge in [0.05, 0.1) is 6.54 Å². The number of alkyl halides is 3. The van der Waals surface area contributed by atoms with E-state index in [1.54, 1.807) is 7.05 Å². The molecule has 2 fully saturated rings. The van der Waals surface area contributed by atoms with Crippen LogP contribution in [-0.2, 0) is 0 Å². The average molecular weight is 292 g/mol. The molecule has 2 N–H and O–H groups in total. The zero-order valence-electron chi connectivity index (χ0n) is 12.0. The van der Waals surface area contributed by atoms with Crippen LogP contribution >= 0.6 is 0 Å². The molecule has 1 aliphatic heterocycles. The van der Waals surface area contributed by atoms with Gasteiger partial charge in [-0.3, -0.25) is 9.89 Å². The van der Waals surface area contributed by atoms with Crippen molar-refractivity contribution in [2.75, 3.05) is 33.2 Å². The molecule has 7 heteroatoms. The molecule has 0 aromatic carbocycles. The lowest BCUT2D eigenvalue weighted by molar-refractivity contribution is -0.143. The van der Waals surface area contributed by atoms with E-state index >= 15 is 0 Å². The number of rotatable bonds is 4. The smallest absolute Gasteiger partial charge is 0.356 e. The van der Waals surface area contributed by atoms with Gasteiger partial charge in [0, 0.05) is 26.2 Å². The second kappa shape index (κ2) is 6.20. The molecule has 0 bridgehead atoms. The Morgan fingerprint density at radius 2 is 2.10 bits per heavy atom. The van der Waals surface area contributed by atoms with Gasteiger partial charge in [-0.15, -0.1) is 0 Å². The summed E-state index contributed by atoms with van der Waals surface area (Å²) in [4.78, 5) is 5.62. The van der Waals surface area contributed by atoms with Crippen LogP contribution in [-0.4, -0.2) is 56.3 Å². The van der Waals surface area contributed by atoms with Gasteiger partial charge in [0.25, 0.3) is 0 Å². The molecule has 1 saturated carbocycles. The summed E-state index contributed by atoms with van der Waals surface area (Å²) in [7, 11) is 1.72. The molecule has 1 saturated heterocycles. The quantitative estimate of drug-likeness (QED) is 0.608. The maximum Gasteiger partial charge on any atom is 0.401 e. The predicted octanol–water partition coefficient (Wildman–Crippen LogP) is 1.44. The van der Waals surface area contributed by atoms with Gasteiger partial charge in [-0.2, -0.15) is 13.2 Å². The molecular formula is C13H23F3N4. The monoisotopic (exact) mass is 292 g/mol. The minimum Gasteiger partial charge on any atom is -0.356 e. The van der Waals surface area contributed by atoms with E-state index in [0.717, 1.165) is 18.8 Å². The molecule has 116 valence electrons. The Morgan fingerprint density at radius 1 is 1.40 bits per heavy atom. The molecule has 1 heterocycles. The molecule has 3 unspecified atom stereocenters. The molecule has 1 aliphatic carbocycles. The minimum absolute atomic E-state index is 0.257. The average Bonchev–Trinajstić information content (AvgIpc) is 2.85. The maximum atomic E-state index is 12.3. The highest BCUT2D eigenvalue weighted by molar-refractivity contribution is 5.80. The van der Waals surface area contributed by atoms with Gasteiger partial charge in [-0.1, -0.05) is 6.92 Å². The van der Waals surface area contributed by atoms with Crippen molar-refractivity contribution in [2.24, 2.45) is 16.8 Å². The van der Waals surface area contributed by atoms with E-state index < -0.39 is 12.7 Å².